The van der Waals surface area contributed by atoms with Gasteiger partial charge in [-0.1, -0.05) is 18.9 Å². The van der Waals surface area contributed by atoms with Gasteiger partial charge in [0.25, 0.3) is 0 Å². The van der Waals surface area contributed by atoms with Crippen molar-refractivity contribution in [2.24, 2.45) is 0 Å². The fourth-order valence-corrected chi connectivity index (χ4v) is 3.69. The molecule has 0 amide bonds. The Morgan fingerprint density at radius 2 is 2.00 bits per heavy atom. The van der Waals surface area contributed by atoms with Crippen LogP contribution in [0.2, 0.25) is 0 Å². The zero-order valence-electron chi connectivity index (χ0n) is 13.0. The number of rotatable bonds is 2. The fraction of sp³-hybridized carbons (Fsp3) is 0.647. The van der Waals surface area contributed by atoms with Crippen molar-refractivity contribution < 1.29 is 0 Å². The number of hydrogen-bond donors (Lipinski definition) is 1. The third kappa shape index (κ3) is 2.51. The maximum absolute atomic E-state index is 3.83. The first-order chi connectivity index (χ1) is 9.60. The lowest BCUT2D eigenvalue weighted by atomic mass is 9.92. The summed E-state index contributed by atoms with van der Waals surface area (Å²) in [5.74, 6) is 0. The van der Waals surface area contributed by atoms with E-state index in [-0.39, 0.29) is 0 Å². The van der Waals surface area contributed by atoms with E-state index in [0.717, 1.165) is 13.1 Å². The average molecular weight is 273 g/mol. The third-order valence-electron chi connectivity index (χ3n) is 5.02. The number of nitrogens with one attached hydrogen (secondary N) is 1. The zero-order chi connectivity index (χ0) is 14.2. The molecule has 1 atom stereocenters. The second-order valence-electron chi connectivity index (χ2n) is 6.76. The predicted molar refractivity (Wildman–Crippen MR) is 86.8 cm³/mol. The molecule has 2 aliphatic rings. The van der Waals surface area contributed by atoms with Crippen LogP contribution < -0.4 is 15.1 Å². The highest BCUT2D eigenvalue weighted by Crippen LogP contribution is 2.35. The van der Waals surface area contributed by atoms with Gasteiger partial charge in [0.1, 0.15) is 0 Å². The van der Waals surface area contributed by atoms with Crippen molar-refractivity contribution >= 4 is 11.4 Å². The molecule has 3 nitrogen and oxygen atoms in total. The van der Waals surface area contributed by atoms with Crippen molar-refractivity contribution in [3.05, 3.63) is 24.3 Å². The first kappa shape index (κ1) is 13.7. The van der Waals surface area contributed by atoms with Crippen molar-refractivity contribution in [1.29, 1.82) is 0 Å². The molecule has 1 heterocycles. The van der Waals surface area contributed by atoms with Gasteiger partial charge in [-0.15, -0.1) is 0 Å². The number of benzene rings is 1. The summed E-state index contributed by atoms with van der Waals surface area (Å²) in [5, 5.41) is 3.83. The van der Waals surface area contributed by atoms with Gasteiger partial charge >= 0.3 is 0 Å². The number of nitrogens with zero attached hydrogens (tertiary/aromatic N) is 2. The molecule has 1 aromatic carbocycles. The lowest BCUT2D eigenvalue weighted by Crippen LogP contribution is -2.62. The van der Waals surface area contributed by atoms with E-state index in [1.54, 1.807) is 0 Å². The van der Waals surface area contributed by atoms with Crippen molar-refractivity contribution in [2.75, 3.05) is 37.0 Å². The van der Waals surface area contributed by atoms with Crippen LogP contribution >= 0.6 is 0 Å². The SMILES string of the molecule is CC1CNC2(CCCC2)CN1c1cccc(N(C)C)c1. The predicted octanol–water partition coefficient (Wildman–Crippen LogP) is 2.86. The van der Waals surface area contributed by atoms with Crippen LogP contribution in [0.3, 0.4) is 0 Å². The molecule has 3 heteroatoms. The first-order valence-corrected chi connectivity index (χ1v) is 7.89. The maximum atomic E-state index is 3.83. The van der Waals surface area contributed by atoms with Gasteiger partial charge in [0.05, 0.1) is 0 Å². The van der Waals surface area contributed by atoms with Crippen LogP contribution in [0.25, 0.3) is 0 Å². The maximum Gasteiger partial charge on any atom is 0.0390 e. The molecular formula is C17H27N3. The number of anilines is 2. The minimum absolute atomic E-state index is 0.376. The van der Waals surface area contributed by atoms with E-state index in [2.05, 4.69) is 60.4 Å². The normalized spacial score (nSPS) is 25.1. The van der Waals surface area contributed by atoms with Gasteiger partial charge in [0.15, 0.2) is 0 Å². The summed E-state index contributed by atoms with van der Waals surface area (Å²) < 4.78 is 0. The molecule has 0 bridgehead atoms. The molecular weight excluding hydrogens is 246 g/mol. The first-order valence-electron chi connectivity index (χ1n) is 7.89. The van der Waals surface area contributed by atoms with Crippen LogP contribution in [0.15, 0.2) is 24.3 Å². The summed E-state index contributed by atoms with van der Waals surface area (Å²) in [6.45, 7) is 4.59. The van der Waals surface area contributed by atoms with Gasteiger partial charge in [0, 0.05) is 50.1 Å². The molecule has 1 aliphatic carbocycles. The van der Waals surface area contributed by atoms with Crippen LogP contribution in [0.4, 0.5) is 11.4 Å². The summed E-state index contributed by atoms with van der Waals surface area (Å²) in [4.78, 5) is 4.79. The van der Waals surface area contributed by atoms with Gasteiger partial charge < -0.3 is 15.1 Å². The Labute approximate surface area is 123 Å². The molecule has 1 N–H and O–H groups in total. The van der Waals surface area contributed by atoms with Gasteiger partial charge in [-0.25, -0.2) is 0 Å². The van der Waals surface area contributed by atoms with Crippen LogP contribution in [0.1, 0.15) is 32.6 Å². The highest BCUT2D eigenvalue weighted by atomic mass is 15.3. The van der Waals surface area contributed by atoms with Crippen molar-refractivity contribution in [1.82, 2.24) is 5.32 Å². The Kier molecular flexibility index (Phi) is 3.63. The lowest BCUT2D eigenvalue weighted by Gasteiger charge is -2.46. The second kappa shape index (κ2) is 5.28. The van der Waals surface area contributed by atoms with E-state index in [4.69, 9.17) is 0 Å². The molecule has 1 unspecified atom stereocenters. The molecule has 0 aromatic heterocycles. The average Bonchev–Trinajstić information content (AvgIpc) is 2.90. The van der Waals surface area contributed by atoms with E-state index in [0.29, 0.717) is 11.6 Å². The highest BCUT2D eigenvalue weighted by Gasteiger charge is 2.39. The van der Waals surface area contributed by atoms with Gasteiger partial charge in [0.2, 0.25) is 0 Å². The second-order valence-corrected chi connectivity index (χ2v) is 6.76. The highest BCUT2D eigenvalue weighted by molar-refractivity contribution is 5.59. The quantitative estimate of drug-likeness (QED) is 0.894. The topological polar surface area (TPSA) is 18.5 Å². The Hall–Kier alpha value is -1.22. The Bertz CT molecular complexity index is 463. The summed E-state index contributed by atoms with van der Waals surface area (Å²) in [6, 6.07) is 9.52. The molecule has 1 saturated heterocycles. The van der Waals surface area contributed by atoms with E-state index in [1.165, 1.54) is 37.1 Å². The number of piperazine rings is 1. The zero-order valence-corrected chi connectivity index (χ0v) is 13.0. The molecule has 1 spiro atoms. The fourth-order valence-electron chi connectivity index (χ4n) is 3.69. The van der Waals surface area contributed by atoms with E-state index in [1.807, 2.05) is 0 Å². The van der Waals surface area contributed by atoms with Crippen LogP contribution in [-0.4, -0.2) is 38.8 Å². The Morgan fingerprint density at radius 1 is 1.25 bits per heavy atom. The molecule has 1 aromatic rings. The van der Waals surface area contributed by atoms with E-state index >= 15 is 0 Å². The standard InChI is InChI=1S/C17H27N3/c1-14-12-18-17(9-4-5-10-17)13-20(14)16-8-6-7-15(11-16)19(2)3/h6-8,11,14,18H,4-5,9-10,12-13H2,1-3H3. The number of hydrogen-bond acceptors (Lipinski definition) is 3. The van der Waals surface area contributed by atoms with Gasteiger partial charge in [-0.3, -0.25) is 0 Å². The Balaban J connectivity index is 1.85. The van der Waals surface area contributed by atoms with E-state index in [9.17, 15) is 0 Å². The minimum Gasteiger partial charge on any atom is -0.378 e. The Morgan fingerprint density at radius 3 is 2.70 bits per heavy atom. The summed E-state index contributed by atoms with van der Waals surface area (Å²) in [6.07, 6.45) is 5.44. The molecule has 0 radical (unpaired) electrons. The molecule has 110 valence electrons. The molecule has 1 saturated carbocycles. The minimum atomic E-state index is 0.376. The summed E-state index contributed by atoms with van der Waals surface area (Å²) in [7, 11) is 4.22. The molecule has 2 fully saturated rings. The van der Waals surface area contributed by atoms with E-state index < -0.39 is 0 Å². The molecule has 1 aliphatic heterocycles. The van der Waals surface area contributed by atoms with Crippen molar-refractivity contribution in [3.63, 3.8) is 0 Å². The summed E-state index contributed by atoms with van der Waals surface area (Å²) >= 11 is 0. The van der Waals surface area contributed by atoms with Crippen LogP contribution in [-0.2, 0) is 0 Å². The third-order valence-corrected chi connectivity index (χ3v) is 5.02. The largest absolute Gasteiger partial charge is 0.378 e. The van der Waals surface area contributed by atoms with Crippen LogP contribution in [0.5, 0.6) is 0 Å². The molecule has 20 heavy (non-hydrogen) atoms. The van der Waals surface area contributed by atoms with Crippen molar-refractivity contribution in [3.8, 4) is 0 Å². The van der Waals surface area contributed by atoms with Crippen molar-refractivity contribution in [2.45, 2.75) is 44.2 Å². The lowest BCUT2D eigenvalue weighted by molar-refractivity contribution is 0.276. The smallest absolute Gasteiger partial charge is 0.0390 e. The van der Waals surface area contributed by atoms with Gasteiger partial charge in [-0.2, -0.15) is 0 Å². The summed E-state index contributed by atoms with van der Waals surface area (Å²) in [5.41, 5.74) is 3.03. The van der Waals surface area contributed by atoms with Crippen LogP contribution in [0, 0.1) is 0 Å². The van der Waals surface area contributed by atoms with Gasteiger partial charge in [-0.05, 0) is 38.0 Å². The monoisotopic (exact) mass is 273 g/mol. The molecule has 3 rings (SSSR count).